The van der Waals surface area contributed by atoms with Crippen molar-refractivity contribution in [2.45, 2.75) is 25.7 Å². The van der Waals surface area contributed by atoms with E-state index >= 15 is 0 Å². The van der Waals surface area contributed by atoms with Gasteiger partial charge in [0.15, 0.2) is 0 Å². The first-order valence-corrected chi connectivity index (χ1v) is 4.48. The maximum Gasteiger partial charge on any atom is 0.225 e. The van der Waals surface area contributed by atoms with Gasteiger partial charge in [0.1, 0.15) is 0 Å². The molecule has 0 spiro atoms. The maximum atomic E-state index is 11.5. The Bertz CT molecular complexity index is 157. The minimum absolute atomic E-state index is 0.410. The molecular weight excluding hydrogens is 138 g/mol. The van der Waals surface area contributed by atoms with Gasteiger partial charge in [0.05, 0.1) is 0 Å². The number of carbonyl (C=O) groups excluding carboxylic acids is 1. The zero-order valence-corrected chi connectivity index (χ0v) is 6.75. The third-order valence-corrected chi connectivity index (χ3v) is 2.44. The number of likely N-dealkylation sites (tertiary alicyclic amines) is 1. The van der Waals surface area contributed by atoms with Gasteiger partial charge in [-0.15, -0.1) is 0 Å². The van der Waals surface area contributed by atoms with Gasteiger partial charge in [-0.05, 0) is 32.1 Å². The topological polar surface area (TPSA) is 20.3 Å². The molecule has 1 heterocycles. The van der Waals surface area contributed by atoms with E-state index in [-0.39, 0.29) is 0 Å². The van der Waals surface area contributed by atoms with Crippen LogP contribution < -0.4 is 0 Å². The summed E-state index contributed by atoms with van der Waals surface area (Å²) in [6.07, 6.45) is 6.74. The lowest BCUT2D eigenvalue weighted by molar-refractivity contribution is -0.133. The van der Waals surface area contributed by atoms with Gasteiger partial charge in [-0.3, -0.25) is 4.79 Å². The first-order chi connectivity index (χ1) is 5.38. The highest BCUT2D eigenvalue weighted by Gasteiger charge is 2.33. The number of carbonyl (C=O) groups is 1. The highest BCUT2D eigenvalue weighted by atomic mass is 16.2. The SMILES string of the molecule is O=C(C1CC1)N1CC[CH]CC1. The van der Waals surface area contributed by atoms with Crippen LogP contribution in [0.4, 0.5) is 0 Å². The van der Waals surface area contributed by atoms with Crippen molar-refractivity contribution >= 4 is 5.91 Å². The van der Waals surface area contributed by atoms with E-state index in [4.69, 9.17) is 0 Å². The fourth-order valence-electron chi connectivity index (χ4n) is 1.56. The molecule has 2 heteroatoms. The standard InChI is InChI=1S/C9H14NO/c11-9(8-4-5-8)10-6-2-1-3-7-10/h1,8H,2-7H2. The van der Waals surface area contributed by atoms with E-state index in [1.807, 2.05) is 4.90 Å². The van der Waals surface area contributed by atoms with Crippen molar-refractivity contribution in [3.05, 3.63) is 6.42 Å². The van der Waals surface area contributed by atoms with E-state index in [0.717, 1.165) is 38.8 Å². The molecule has 0 bridgehead atoms. The number of hydrogen-bond donors (Lipinski definition) is 0. The van der Waals surface area contributed by atoms with Crippen molar-refractivity contribution in [1.82, 2.24) is 4.90 Å². The van der Waals surface area contributed by atoms with Crippen LogP contribution in [-0.2, 0) is 4.79 Å². The summed E-state index contributed by atoms with van der Waals surface area (Å²) >= 11 is 0. The Morgan fingerprint density at radius 1 is 1.27 bits per heavy atom. The van der Waals surface area contributed by atoms with Gasteiger partial charge in [0.2, 0.25) is 5.91 Å². The Labute approximate surface area is 67.6 Å². The van der Waals surface area contributed by atoms with E-state index in [2.05, 4.69) is 6.42 Å². The highest BCUT2D eigenvalue weighted by molar-refractivity contribution is 5.81. The lowest BCUT2D eigenvalue weighted by atomic mass is 10.1. The van der Waals surface area contributed by atoms with Crippen LogP contribution in [0.2, 0.25) is 0 Å². The fourth-order valence-corrected chi connectivity index (χ4v) is 1.56. The number of rotatable bonds is 1. The van der Waals surface area contributed by atoms with Gasteiger partial charge < -0.3 is 4.90 Å². The van der Waals surface area contributed by atoms with E-state index in [9.17, 15) is 4.79 Å². The molecular formula is C9H14NO. The molecule has 0 aromatic rings. The average Bonchev–Trinajstić information content (AvgIpc) is 2.87. The van der Waals surface area contributed by atoms with E-state index in [1.54, 1.807) is 0 Å². The summed E-state index contributed by atoms with van der Waals surface area (Å²) in [5.74, 6) is 0.825. The molecule has 2 rings (SSSR count). The van der Waals surface area contributed by atoms with Gasteiger partial charge in [0, 0.05) is 19.0 Å². The zero-order valence-electron chi connectivity index (χ0n) is 6.75. The van der Waals surface area contributed by atoms with Crippen LogP contribution in [0, 0.1) is 12.3 Å². The van der Waals surface area contributed by atoms with Crippen molar-refractivity contribution in [2.24, 2.45) is 5.92 Å². The molecule has 2 nitrogen and oxygen atoms in total. The molecule has 1 aliphatic carbocycles. The van der Waals surface area contributed by atoms with Gasteiger partial charge in [-0.2, -0.15) is 0 Å². The number of nitrogens with zero attached hydrogens (tertiary/aromatic N) is 1. The molecule has 11 heavy (non-hydrogen) atoms. The van der Waals surface area contributed by atoms with E-state index in [0.29, 0.717) is 11.8 Å². The molecule has 2 aliphatic rings. The summed E-state index contributed by atoms with van der Waals surface area (Å²) in [7, 11) is 0. The summed E-state index contributed by atoms with van der Waals surface area (Å²) in [6.45, 7) is 1.94. The van der Waals surface area contributed by atoms with Gasteiger partial charge in [0.25, 0.3) is 0 Å². The number of amides is 1. The predicted molar refractivity (Wildman–Crippen MR) is 42.8 cm³/mol. The van der Waals surface area contributed by atoms with Crippen LogP contribution >= 0.6 is 0 Å². The summed E-state index contributed by atoms with van der Waals surface area (Å²) in [5.41, 5.74) is 0. The van der Waals surface area contributed by atoms with Gasteiger partial charge >= 0.3 is 0 Å². The Kier molecular flexibility index (Phi) is 1.84. The molecule has 0 atom stereocenters. The highest BCUT2D eigenvalue weighted by Crippen LogP contribution is 2.31. The maximum absolute atomic E-state index is 11.5. The molecule has 1 radical (unpaired) electrons. The van der Waals surface area contributed by atoms with Crippen LogP contribution in [-0.4, -0.2) is 23.9 Å². The van der Waals surface area contributed by atoms with Crippen LogP contribution in [0.1, 0.15) is 25.7 Å². The van der Waals surface area contributed by atoms with Crippen molar-refractivity contribution < 1.29 is 4.79 Å². The lowest BCUT2D eigenvalue weighted by Crippen LogP contribution is -2.36. The zero-order chi connectivity index (χ0) is 7.68. The first-order valence-electron chi connectivity index (χ1n) is 4.48. The van der Waals surface area contributed by atoms with E-state index < -0.39 is 0 Å². The quantitative estimate of drug-likeness (QED) is 0.553. The monoisotopic (exact) mass is 152 g/mol. The molecule has 1 saturated heterocycles. The molecule has 1 saturated carbocycles. The van der Waals surface area contributed by atoms with Crippen molar-refractivity contribution in [3.63, 3.8) is 0 Å². The lowest BCUT2D eigenvalue weighted by Gasteiger charge is -2.26. The number of piperidine rings is 1. The third-order valence-electron chi connectivity index (χ3n) is 2.44. The van der Waals surface area contributed by atoms with Crippen molar-refractivity contribution in [1.29, 1.82) is 0 Å². The predicted octanol–water partition coefficient (Wildman–Crippen LogP) is 1.22. The van der Waals surface area contributed by atoms with Gasteiger partial charge in [-0.25, -0.2) is 0 Å². The van der Waals surface area contributed by atoms with Crippen LogP contribution in [0.5, 0.6) is 0 Å². The Morgan fingerprint density at radius 3 is 2.45 bits per heavy atom. The Morgan fingerprint density at radius 2 is 1.91 bits per heavy atom. The normalized spacial score (nSPS) is 25.3. The Hall–Kier alpha value is -0.530. The summed E-state index contributed by atoms with van der Waals surface area (Å²) in [4.78, 5) is 13.5. The molecule has 0 N–H and O–H groups in total. The van der Waals surface area contributed by atoms with Crippen LogP contribution in [0.25, 0.3) is 0 Å². The first kappa shape index (κ1) is 7.14. The van der Waals surface area contributed by atoms with Gasteiger partial charge in [-0.1, -0.05) is 0 Å². The van der Waals surface area contributed by atoms with Crippen LogP contribution in [0.3, 0.4) is 0 Å². The second kappa shape index (κ2) is 2.84. The molecule has 0 aromatic heterocycles. The largest absolute Gasteiger partial charge is 0.342 e. The molecule has 61 valence electrons. The fraction of sp³-hybridized carbons (Fsp3) is 0.778. The Balaban J connectivity index is 1.86. The molecule has 0 unspecified atom stereocenters. The van der Waals surface area contributed by atoms with Crippen molar-refractivity contribution in [2.75, 3.05) is 13.1 Å². The minimum atomic E-state index is 0.410. The summed E-state index contributed by atoms with van der Waals surface area (Å²) in [6, 6.07) is 0. The second-order valence-corrected chi connectivity index (χ2v) is 3.47. The number of hydrogen-bond acceptors (Lipinski definition) is 1. The molecule has 0 aromatic carbocycles. The second-order valence-electron chi connectivity index (χ2n) is 3.47. The third kappa shape index (κ3) is 1.55. The van der Waals surface area contributed by atoms with Crippen molar-refractivity contribution in [3.8, 4) is 0 Å². The molecule has 2 fully saturated rings. The van der Waals surface area contributed by atoms with E-state index in [1.165, 1.54) is 0 Å². The summed E-state index contributed by atoms with van der Waals surface area (Å²) < 4.78 is 0. The van der Waals surface area contributed by atoms with Crippen LogP contribution in [0.15, 0.2) is 0 Å². The average molecular weight is 152 g/mol. The molecule has 1 amide bonds. The minimum Gasteiger partial charge on any atom is -0.342 e. The summed E-state index contributed by atoms with van der Waals surface area (Å²) in [5, 5.41) is 0. The smallest absolute Gasteiger partial charge is 0.225 e. The molecule has 1 aliphatic heterocycles.